The molecule has 0 amide bonds. The highest BCUT2D eigenvalue weighted by molar-refractivity contribution is 7.86. The molecule has 1 aliphatic carbocycles. The van der Waals surface area contributed by atoms with Crippen LogP contribution in [0.1, 0.15) is 32.1 Å². The zero-order valence-corrected chi connectivity index (χ0v) is 11.9. The second-order valence-corrected chi connectivity index (χ2v) is 7.66. The summed E-state index contributed by atoms with van der Waals surface area (Å²) >= 11 is 0. The molecule has 2 unspecified atom stereocenters. The summed E-state index contributed by atoms with van der Waals surface area (Å²) in [6.07, 6.45) is 5.29. The van der Waals surface area contributed by atoms with Gasteiger partial charge in [0.15, 0.2) is 0 Å². The van der Waals surface area contributed by atoms with E-state index in [-0.39, 0.29) is 6.61 Å². The average Bonchev–Trinajstić information content (AvgIpc) is 2.35. The maximum atomic E-state index is 12.4. The molecule has 2 fully saturated rings. The number of aliphatic hydroxyl groups excluding tert-OH is 1. The third-order valence-corrected chi connectivity index (χ3v) is 6.09. The van der Waals surface area contributed by atoms with Crippen molar-refractivity contribution in [2.45, 2.75) is 32.1 Å². The van der Waals surface area contributed by atoms with Crippen LogP contribution in [0.2, 0.25) is 0 Å². The van der Waals surface area contributed by atoms with Crippen LogP contribution in [0.3, 0.4) is 0 Å². The highest BCUT2D eigenvalue weighted by Crippen LogP contribution is 2.35. The Morgan fingerprint density at radius 2 is 1.89 bits per heavy atom. The number of aliphatic hydroxyl groups is 1. The highest BCUT2D eigenvalue weighted by Gasteiger charge is 2.37. The van der Waals surface area contributed by atoms with Crippen molar-refractivity contribution in [3.8, 4) is 0 Å². The maximum absolute atomic E-state index is 12.4. The molecular weight excluding hydrogens is 252 g/mol. The van der Waals surface area contributed by atoms with Crippen molar-refractivity contribution >= 4 is 10.2 Å². The molecule has 6 heteroatoms. The summed E-state index contributed by atoms with van der Waals surface area (Å²) in [6, 6.07) is 0. The molecule has 2 rings (SSSR count). The van der Waals surface area contributed by atoms with E-state index in [0.717, 1.165) is 0 Å². The van der Waals surface area contributed by atoms with E-state index in [1.807, 2.05) is 0 Å². The lowest BCUT2D eigenvalue weighted by molar-refractivity contribution is 0.138. The normalized spacial score (nSPS) is 29.7. The zero-order valence-electron chi connectivity index (χ0n) is 11.1. The first-order valence-electron chi connectivity index (χ1n) is 6.86. The lowest BCUT2D eigenvalue weighted by Crippen LogP contribution is -2.50. The highest BCUT2D eigenvalue weighted by atomic mass is 32.2. The van der Waals surface area contributed by atoms with Gasteiger partial charge in [-0.2, -0.15) is 17.0 Å². The molecule has 1 saturated heterocycles. The van der Waals surface area contributed by atoms with Crippen molar-refractivity contribution in [3.63, 3.8) is 0 Å². The van der Waals surface area contributed by atoms with Gasteiger partial charge in [-0.15, -0.1) is 0 Å². The SMILES string of the molecule is CN(CCCO)S(=O)(=O)N1CC2CCCC(C2)C1. The largest absolute Gasteiger partial charge is 0.396 e. The molecule has 1 heterocycles. The van der Waals surface area contributed by atoms with Crippen LogP contribution in [0.5, 0.6) is 0 Å². The molecule has 0 aromatic carbocycles. The van der Waals surface area contributed by atoms with Gasteiger partial charge >= 0.3 is 0 Å². The maximum Gasteiger partial charge on any atom is 0.281 e. The van der Waals surface area contributed by atoms with E-state index in [4.69, 9.17) is 5.11 Å². The van der Waals surface area contributed by atoms with Crippen LogP contribution < -0.4 is 0 Å². The lowest BCUT2D eigenvalue weighted by Gasteiger charge is -2.41. The van der Waals surface area contributed by atoms with Gasteiger partial charge in [0, 0.05) is 33.3 Å². The quantitative estimate of drug-likeness (QED) is 0.803. The van der Waals surface area contributed by atoms with Gasteiger partial charge in [-0.3, -0.25) is 0 Å². The summed E-state index contributed by atoms with van der Waals surface area (Å²) in [5.41, 5.74) is 0. The van der Waals surface area contributed by atoms with Crippen molar-refractivity contribution in [1.82, 2.24) is 8.61 Å². The fourth-order valence-electron chi connectivity index (χ4n) is 3.18. The summed E-state index contributed by atoms with van der Waals surface area (Å²) < 4.78 is 27.8. The molecule has 1 N–H and O–H groups in total. The fourth-order valence-corrected chi connectivity index (χ4v) is 4.73. The van der Waals surface area contributed by atoms with Gasteiger partial charge in [-0.1, -0.05) is 6.42 Å². The van der Waals surface area contributed by atoms with Gasteiger partial charge in [0.2, 0.25) is 0 Å². The molecule has 0 radical (unpaired) electrons. The van der Waals surface area contributed by atoms with Crippen LogP contribution in [-0.2, 0) is 10.2 Å². The van der Waals surface area contributed by atoms with Crippen molar-refractivity contribution in [1.29, 1.82) is 0 Å². The predicted molar refractivity (Wildman–Crippen MR) is 70.3 cm³/mol. The Labute approximate surface area is 110 Å². The van der Waals surface area contributed by atoms with Crippen molar-refractivity contribution < 1.29 is 13.5 Å². The van der Waals surface area contributed by atoms with E-state index in [2.05, 4.69) is 0 Å². The summed E-state index contributed by atoms with van der Waals surface area (Å²) in [6.45, 7) is 1.79. The van der Waals surface area contributed by atoms with Gasteiger partial charge in [-0.25, -0.2) is 0 Å². The first-order chi connectivity index (χ1) is 8.54. The minimum atomic E-state index is -3.32. The first-order valence-corrected chi connectivity index (χ1v) is 8.26. The third kappa shape index (κ3) is 3.04. The number of piperidine rings is 1. The van der Waals surface area contributed by atoms with Crippen LogP contribution in [0.25, 0.3) is 0 Å². The minimum Gasteiger partial charge on any atom is -0.396 e. The van der Waals surface area contributed by atoms with Crippen LogP contribution >= 0.6 is 0 Å². The lowest BCUT2D eigenvalue weighted by atomic mass is 9.79. The first kappa shape index (κ1) is 14.2. The molecule has 0 aromatic rings. The molecule has 106 valence electrons. The minimum absolute atomic E-state index is 0.0328. The van der Waals surface area contributed by atoms with E-state index in [0.29, 0.717) is 37.9 Å². The van der Waals surface area contributed by atoms with Crippen LogP contribution in [0, 0.1) is 11.8 Å². The van der Waals surface area contributed by atoms with E-state index < -0.39 is 10.2 Å². The Morgan fingerprint density at radius 1 is 1.28 bits per heavy atom. The Balaban J connectivity index is 2.01. The molecule has 2 atom stereocenters. The summed E-state index contributed by atoms with van der Waals surface area (Å²) in [7, 11) is -1.71. The van der Waals surface area contributed by atoms with Gasteiger partial charge in [0.1, 0.15) is 0 Å². The number of hydrogen-bond acceptors (Lipinski definition) is 3. The Hall–Kier alpha value is -0.170. The van der Waals surface area contributed by atoms with Gasteiger partial charge in [0.05, 0.1) is 0 Å². The summed E-state index contributed by atoms with van der Waals surface area (Å²) in [4.78, 5) is 0. The standard InChI is InChI=1S/C12H24N2O3S/c1-13(6-3-7-15)18(16,17)14-9-11-4-2-5-12(8-11)10-14/h11-12,15H,2-10H2,1H3. The molecule has 2 bridgehead atoms. The number of nitrogens with zero attached hydrogens (tertiary/aromatic N) is 2. The van der Waals surface area contributed by atoms with E-state index in [1.165, 1.54) is 30.0 Å². The second-order valence-electron chi connectivity index (χ2n) is 5.62. The van der Waals surface area contributed by atoms with Crippen molar-refractivity contribution in [2.24, 2.45) is 11.8 Å². The molecule has 2 aliphatic rings. The molecule has 1 saturated carbocycles. The van der Waals surface area contributed by atoms with Crippen LogP contribution in [0.4, 0.5) is 0 Å². The smallest absolute Gasteiger partial charge is 0.281 e. The van der Waals surface area contributed by atoms with Gasteiger partial charge in [-0.05, 0) is 37.5 Å². The molecule has 18 heavy (non-hydrogen) atoms. The van der Waals surface area contributed by atoms with E-state index in [1.54, 1.807) is 11.4 Å². The molecule has 0 aromatic heterocycles. The predicted octanol–water partition coefficient (Wildman–Crippen LogP) is 0.667. The molecule has 5 nitrogen and oxygen atoms in total. The molecule has 1 aliphatic heterocycles. The monoisotopic (exact) mass is 276 g/mol. The number of rotatable bonds is 5. The average molecular weight is 276 g/mol. The third-order valence-electron chi connectivity index (χ3n) is 4.17. The second kappa shape index (κ2) is 5.86. The summed E-state index contributed by atoms with van der Waals surface area (Å²) in [5.74, 6) is 1.11. The Morgan fingerprint density at radius 3 is 2.44 bits per heavy atom. The number of fused-ring (bicyclic) bond motifs is 2. The Bertz CT molecular complexity index is 360. The number of hydrogen-bond donors (Lipinski definition) is 1. The van der Waals surface area contributed by atoms with E-state index >= 15 is 0 Å². The van der Waals surface area contributed by atoms with Crippen molar-refractivity contribution in [2.75, 3.05) is 33.3 Å². The van der Waals surface area contributed by atoms with Crippen LogP contribution in [-0.4, -0.2) is 55.4 Å². The van der Waals surface area contributed by atoms with E-state index in [9.17, 15) is 8.42 Å². The van der Waals surface area contributed by atoms with Crippen molar-refractivity contribution in [3.05, 3.63) is 0 Å². The van der Waals surface area contributed by atoms with Gasteiger partial charge in [0.25, 0.3) is 10.2 Å². The molecular formula is C12H24N2O3S. The van der Waals surface area contributed by atoms with Gasteiger partial charge < -0.3 is 5.11 Å². The molecule has 0 spiro atoms. The fraction of sp³-hybridized carbons (Fsp3) is 1.00. The summed E-state index contributed by atoms with van der Waals surface area (Å²) in [5, 5.41) is 8.79. The van der Waals surface area contributed by atoms with Crippen LogP contribution in [0.15, 0.2) is 0 Å². The Kier molecular flexibility index (Phi) is 4.64. The topological polar surface area (TPSA) is 60.9 Å². The zero-order chi connectivity index (χ0) is 13.2.